The highest BCUT2D eigenvalue weighted by Gasteiger charge is 2.22. The number of piperazine rings is 1. The second kappa shape index (κ2) is 7.59. The molecular formula is C21H26FN7. The maximum Gasteiger partial charge on any atom is 0.254 e. The van der Waals surface area contributed by atoms with Crippen LogP contribution in [0.5, 0.6) is 0 Å². The molecule has 0 bridgehead atoms. The number of fused-ring (bicyclic) bond motifs is 1. The smallest absolute Gasteiger partial charge is 0.254 e. The monoisotopic (exact) mass is 395 g/mol. The Morgan fingerprint density at radius 1 is 0.931 bits per heavy atom. The molecule has 8 heteroatoms. The predicted molar refractivity (Wildman–Crippen MR) is 111 cm³/mol. The summed E-state index contributed by atoms with van der Waals surface area (Å²) in [6.45, 7) is 8.13. The van der Waals surface area contributed by atoms with Crippen LogP contribution in [0.4, 0.5) is 15.9 Å². The van der Waals surface area contributed by atoms with E-state index in [0.29, 0.717) is 18.0 Å². The fourth-order valence-corrected chi connectivity index (χ4v) is 4.30. The maximum absolute atomic E-state index is 14.0. The zero-order valence-electron chi connectivity index (χ0n) is 16.8. The van der Waals surface area contributed by atoms with Crippen molar-refractivity contribution in [3.05, 3.63) is 47.7 Å². The fraction of sp³-hybridized carbons (Fsp3) is 0.476. The van der Waals surface area contributed by atoms with E-state index in [1.165, 1.54) is 18.9 Å². The normalized spacial score (nSPS) is 18.1. The molecule has 5 rings (SSSR count). The van der Waals surface area contributed by atoms with Gasteiger partial charge in [0.25, 0.3) is 5.78 Å². The average molecular weight is 395 g/mol. The Hall–Kier alpha value is -2.74. The number of halogens is 1. The summed E-state index contributed by atoms with van der Waals surface area (Å²) in [6, 6.07) is 9.09. The molecule has 2 fully saturated rings. The molecule has 3 aromatic rings. The molecule has 29 heavy (non-hydrogen) atoms. The summed E-state index contributed by atoms with van der Waals surface area (Å²) >= 11 is 0. The van der Waals surface area contributed by atoms with Gasteiger partial charge in [0.15, 0.2) is 5.82 Å². The molecule has 0 amide bonds. The Kier molecular flexibility index (Phi) is 4.79. The number of benzene rings is 1. The standard InChI is InChI=1S/C21H26FN7/c1-16-14-20(28-8-4-5-9-28)29-21(23-16)24-19(25-29)15-26-10-12-27(13-11-26)18-7-3-2-6-17(18)22/h2-3,6-7,14H,4-5,8-13,15H2,1H3. The van der Waals surface area contributed by atoms with Crippen LogP contribution in [0.1, 0.15) is 24.4 Å². The zero-order valence-corrected chi connectivity index (χ0v) is 16.8. The first-order valence-corrected chi connectivity index (χ1v) is 10.4. The molecule has 0 N–H and O–H groups in total. The van der Waals surface area contributed by atoms with E-state index in [2.05, 4.69) is 30.7 Å². The Bertz CT molecular complexity index is 1000. The first-order chi connectivity index (χ1) is 14.2. The molecule has 7 nitrogen and oxygen atoms in total. The summed E-state index contributed by atoms with van der Waals surface area (Å²) in [5.74, 6) is 2.40. The Morgan fingerprint density at radius 2 is 1.69 bits per heavy atom. The second-order valence-electron chi connectivity index (χ2n) is 7.90. The SMILES string of the molecule is Cc1cc(N2CCCC2)n2nc(CN3CCN(c4ccccc4F)CC3)nc2n1. The van der Waals surface area contributed by atoms with Gasteiger partial charge in [0.05, 0.1) is 12.2 Å². The molecule has 4 heterocycles. The second-order valence-corrected chi connectivity index (χ2v) is 7.90. The number of hydrogen-bond acceptors (Lipinski definition) is 6. The predicted octanol–water partition coefficient (Wildman–Crippen LogP) is 2.49. The highest BCUT2D eigenvalue weighted by Crippen LogP contribution is 2.23. The van der Waals surface area contributed by atoms with Crippen molar-refractivity contribution in [3.8, 4) is 0 Å². The minimum absolute atomic E-state index is 0.154. The number of para-hydroxylation sites is 1. The van der Waals surface area contributed by atoms with E-state index in [4.69, 9.17) is 5.10 Å². The van der Waals surface area contributed by atoms with Gasteiger partial charge >= 0.3 is 0 Å². The number of aryl methyl sites for hydroxylation is 1. The van der Waals surface area contributed by atoms with Crippen molar-refractivity contribution in [2.24, 2.45) is 0 Å². The number of anilines is 2. The number of hydrogen-bond donors (Lipinski definition) is 0. The quantitative estimate of drug-likeness (QED) is 0.677. The molecule has 0 aliphatic carbocycles. The highest BCUT2D eigenvalue weighted by molar-refractivity contribution is 5.49. The summed E-state index contributed by atoms with van der Waals surface area (Å²) in [5.41, 5.74) is 1.66. The van der Waals surface area contributed by atoms with Crippen molar-refractivity contribution in [2.45, 2.75) is 26.3 Å². The third-order valence-electron chi connectivity index (χ3n) is 5.83. The van der Waals surface area contributed by atoms with Gasteiger partial charge in [0, 0.05) is 51.0 Å². The van der Waals surface area contributed by atoms with Crippen LogP contribution in [0.15, 0.2) is 30.3 Å². The van der Waals surface area contributed by atoms with Crippen LogP contribution < -0.4 is 9.80 Å². The van der Waals surface area contributed by atoms with E-state index >= 15 is 0 Å². The number of nitrogens with zero attached hydrogens (tertiary/aromatic N) is 7. The molecule has 0 radical (unpaired) electrons. The van der Waals surface area contributed by atoms with E-state index in [1.807, 2.05) is 23.6 Å². The van der Waals surface area contributed by atoms with Crippen molar-refractivity contribution in [1.82, 2.24) is 24.5 Å². The van der Waals surface area contributed by atoms with Crippen LogP contribution in [0.25, 0.3) is 5.78 Å². The van der Waals surface area contributed by atoms with Crippen LogP contribution in [0, 0.1) is 12.7 Å². The van der Waals surface area contributed by atoms with Crippen molar-refractivity contribution in [1.29, 1.82) is 0 Å². The van der Waals surface area contributed by atoms with E-state index in [0.717, 1.165) is 56.6 Å². The topological polar surface area (TPSA) is 52.8 Å². The van der Waals surface area contributed by atoms with Crippen LogP contribution in [-0.2, 0) is 6.54 Å². The van der Waals surface area contributed by atoms with Gasteiger partial charge < -0.3 is 9.80 Å². The minimum Gasteiger partial charge on any atom is -0.367 e. The molecule has 0 spiro atoms. The lowest BCUT2D eigenvalue weighted by Gasteiger charge is -2.35. The van der Waals surface area contributed by atoms with Gasteiger partial charge in [-0.25, -0.2) is 9.37 Å². The molecule has 1 aromatic carbocycles. The Morgan fingerprint density at radius 3 is 2.45 bits per heavy atom. The van der Waals surface area contributed by atoms with Gasteiger partial charge in [0.1, 0.15) is 11.6 Å². The molecule has 0 atom stereocenters. The average Bonchev–Trinajstić information content (AvgIpc) is 3.38. The third kappa shape index (κ3) is 3.64. The first kappa shape index (κ1) is 18.3. The molecular weight excluding hydrogens is 369 g/mol. The Balaban J connectivity index is 1.30. The third-order valence-corrected chi connectivity index (χ3v) is 5.83. The minimum atomic E-state index is -0.154. The highest BCUT2D eigenvalue weighted by atomic mass is 19.1. The lowest BCUT2D eigenvalue weighted by Crippen LogP contribution is -2.46. The Labute approximate surface area is 169 Å². The molecule has 2 saturated heterocycles. The van der Waals surface area contributed by atoms with E-state index in [9.17, 15) is 4.39 Å². The van der Waals surface area contributed by atoms with Gasteiger partial charge in [-0.05, 0) is 31.9 Å². The largest absolute Gasteiger partial charge is 0.367 e. The number of aromatic nitrogens is 4. The van der Waals surface area contributed by atoms with Gasteiger partial charge in [-0.2, -0.15) is 9.50 Å². The maximum atomic E-state index is 14.0. The van der Waals surface area contributed by atoms with Crippen molar-refractivity contribution >= 4 is 17.3 Å². The lowest BCUT2D eigenvalue weighted by molar-refractivity contribution is 0.243. The van der Waals surface area contributed by atoms with Crippen molar-refractivity contribution in [3.63, 3.8) is 0 Å². The van der Waals surface area contributed by atoms with E-state index in [-0.39, 0.29) is 5.82 Å². The summed E-state index contributed by atoms with van der Waals surface area (Å²) in [6.07, 6.45) is 2.44. The van der Waals surface area contributed by atoms with Crippen molar-refractivity contribution in [2.75, 3.05) is 49.1 Å². The lowest BCUT2D eigenvalue weighted by atomic mass is 10.2. The van der Waals surface area contributed by atoms with Gasteiger partial charge in [-0.1, -0.05) is 12.1 Å². The van der Waals surface area contributed by atoms with E-state index in [1.54, 1.807) is 6.07 Å². The summed E-state index contributed by atoms with van der Waals surface area (Å²) in [4.78, 5) is 16.1. The van der Waals surface area contributed by atoms with Gasteiger partial charge in [-0.15, -0.1) is 5.10 Å². The summed E-state index contributed by atoms with van der Waals surface area (Å²) < 4.78 is 15.9. The molecule has 0 saturated carbocycles. The van der Waals surface area contributed by atoms with Crippen LogP contribution in [-0.4, -0.2) is 63.8 Å². The molecule has 2 aliphatic rings. The van der Waals surface area contributed by atoms with Crippen LogP contribution in [0.3, 0.4) is 0 Å². The molecule has 152 valence electrons. The zero-order chi connectivity index (χ0) is 19.8. The van der Waals surface area contributed by atoms with Crippen LogP contribution in [0.2, 0.25) is 0 Å². The molecule has 0 unspecified atom stereocenters. The van der Waals surface area contributed by atoms with E-state index < -0.39 is 0 Å². The van der Waals surface area contributed by atoms with Gasteiger partial charge in [0.2, 0.25) is 0 Å². The van der Waals surface area contributed by atoms with Crippen LogP contribution >= 0.6 is 0 Å². The van der Waals surface area contributed by atoms with Gasteiger partial charge in [-0.3, -0.25) is 4.90 Å². The summed E-state index contributed by atoms with van der Waals surface area (Å²) in [5, 5.41) is 4.77. The molecule has 2 aromatic heterocycles. The fourth-order valence-electron chi connectivity index (χ4n) is 4.30. The summed E-state index contributed by atoms with van der Waals surface area (Å²) in [7, 11) is 0. The molecule has 2 aliphatic heterocycles. The first-order valence-electron chi connectivity index (χ1n) is 10.4. The number of rotatable bonds is 4. The van der Waals surface area contributed by atoms with Crippen molar-refractivity contribution < 1.29 is 4.39 Å².